The Hall–Kier alpha value is -0.860. The smallest absolute Gasteiger partial charge is 0.00219 e. The molecule has 0 spiro atoms. The fraction of sp³-hybridized carbons (Fsp3) is 0.571. The summed E-state index contributed by atoms with van der Waals surface area (Å²) in [6, 6.07) is 10.7. The van der Waals surface area contributed by atoms with E-state index in [4.69, 9.17) is 5.73 Å². The van der Waals surface area contributed by atoms with Crippen molar-refractivity contribution >= 4 is 0 Å². The second kappa shape index (κ2) is 6.02. The lowest BCUT2D eigenvalue weighted by atomic mass is 9.98. The van der Waals surface area contributed by atoms with Crippen LogP contribution < -0.4 is 5.73 Å². The average molecular weight is 218 g/mol. The van der Waals surface area contributed by atoms with E-state index < -0.39 is 0 Å². The van der Waals surface area contributed by atoms with E-state index in [9.17, 15) is 0 Å². The molecule has 2 N–H and O–H groups in total. The van der Waals surface area contributed by atoms with Crippen LogP contribution in [0.4, 0.5) is 0 Å². The Balaban J connectivity index is 1.77. The highest BCUT2D eigenvalue weighted by molar-refractivity contribution is 5.14. The van der Waals surface area contributed by atoms with E-state index in [2.05, 4.69) is 35.2 Å². The molecule has 1 aliphatic rings. The van der Waals surface area contributed by atoms with Crippen molar-refractivity contribution in [2.45, 2.75) is 19.3 Å². The summed E-state index contributed by atoms with van der Waals surface area (Å²) >= 11 is 0. The Labute approximate surface area is 98.4 Å². The van der Waals surface area contributed by atoms with E-state index in [0.29, 0.717) is 0 Å². The van der Waals surface area contributed by atoms with Gasteiger partial charge in [-0.25, -0.2) is 0 Å². The lowest BCUT2D eigenvalue weighted by molar-refractivity contribution is 0.180. The number of piperidine rings is 1. The molecule has 1 saturated heterocycles. The summed E-state index contributed by atoms with van der Waals surface area (Å²) in [7, 11) is 0. The molecule has 1 aromatic rings. The third kappa shape index (κ3) is 3.32. The second-order valence-electron chi connectivity index (χ2n) is 4.78. The first-order valence-electron chi connectivity index (χ1n) is 6.35. The highest BCUT2D eigenvalue weighted by atomic mass is 15.1. The van der Waals surface area contributed by atoms with Gasteiger partial charge in [0.25, 0.3) is 0 Å². The molecule has 2 rings (SSSR count). The first-order valence-corrected chi connectivity index (χ1v) is 6.35. The Morgan fingerprint density at radius 2 is 2.06 bits per heavy atom. The molecule has 0 aromatic heterocycles. The van der Waals surface area contributed by atoms with Gasteiger partial charge in [-0.3, -0.25) is 0 Å². The van der Waals surface area contributed by atoms with Gasteiger partial charge in [-0.2, -0.15) is 0 Å². The van der Waals surface area contributed by atoms with Gasteiger partial charge < -0.3 is 10.6 Å². The van der Waals surface area contributed by atoms with Gasteiger partial charge in [0.1, 0.15) is 0 Å². The highest BCUT2D eigenvalue weighted by Gasteiger charge is 2.17. The van der Waals surface area contributed by atoms with Gasteiger partial charge >= 0.3 is 0 Å². The summed E-state index contributed by atoms with van der Waals surface area (Å²) < 4.78 is 0. The molecule has 1 aromatic carbocycles. The summed E-state index contributed by atoms with van der Waals surface area (Å²) in [5.74, 6) is 0.726. The monoisotopic (exact) mass is 218 g/mol. The van der Waals surface area contributed by atoms with E-state index in [1.807, 2.05) is 0 Å². The molecular formula is C14H22N2. The molecular weight excluding hydrogens is 196 g/mol. The van der Waals surface area contributed by atoms with Crippen molar-refractivity contribution in [3.05, 3.63) is 35.9 Å². The van der Waals surface area contributed by atoms with Crippen LogP contribution in [0.3, 0.4) is 0 Å². The molecule has 0 aliphatic carbocycles. The van der Waals surface area contributed by atoms with Crippen LogP contribution in [0.2, 0.25) is 0 Å². The maximum atomic E-state index is 5.75. The number of nitrogens with zero attached hydrogens (tertiary/aromatic N) is 1. The lowest BCUT2D eigenvalue weighted by Gasteiger charge is -2.32. The summed E-state index contributed by atoms with van der Waals surface area (Å²) in [5, 5.41) is 0. The van der Waals surface area contributed by atoms with E-state index in [1.54, 1.807) is 0 Å². The third-order valence-corrected chi connectivity index (χ3v) is 3.50. The molecule has 0 saturated carbocycles. The van der Waals surface area contributed by atoms with Crippen molar-refractivity contribution in [2.24, 2.45) is 11.7 Å². The molecule has 16 heavy (non-hydrogen) atoms. The number of nitrogens with two attached hydrogens (primary N) is 1. The Morgan fingerprint density at radius 3 is 2.81 bits per heavy atom. The molecule has 1 aliphatic heterocycles. The molecule has 1 fully saturated rings. The summed E-state index contributed by atoms with van der Waals surface area (Å²) in [6.07, 6.45) is 3.80. The molecule has 0 radical (unpaired) electrons. The van der Waals surface area contributed by atoms with Crippen LogP contribution in [0.1, 0.15) is 18.4 Å². The standard InChI is InChI=1S/C14H22N2/c15-11-14-7-4-9-16(12-14)10-8-13-5-2-1-3-6-13/h1-3,5-6,14H,4,7-12,15H2. The van der Waals surface area contributed by atoms with Crippen molar-refractivity contribution in [2.75, 3.05) is 26.2 Å². The minimum Gasteiger partial charge on any atom is -0.330 e. The van der Waals surface area contributed by atoms with Crippen molar-refractivity contribution in [1.82, 2.24) is 4.90 Å². The molecule has 1 unspecified atom stereocenters. The molecule has 1 heterocycles. The molecule has 1 atom stereocenters. The predicted molar refractivity (Wildman–Crippen MR) is 68.4 cm³/mol. The first kappa shape index (κ1) is 11.6. The maximum Gasteiger partial charge on any atom is 0.00219 e. The molecule has 2 nitrogen and oxygen atoms in total. The quantitative estimate of drug-likeness (QED) is 0.836. The number of hydrogen-bond donors (Lipinski definition) is 1. The second-order valence-corrected chi connectivity index (χ2v) is 4.78. The summed E-state index contributed by atoms with van der Waals surface area (Å²) in [5.41, 5.74) is 7.19. The fourth-order valence-corrected chi connectivity index (χ4v) is 2.48. The average Bonchev–Trinajstić information content (AvgIpc) is 2.38. The number of hydrogen-bond acceptors (Lipinski definition) is 2. The van der Waals surface area contributed by atoms with Crippen LogP contribution in [0.15, 0.2) is 30.3 Å². The van der Waals surface area contributed by atoms with Crippen molar-refractivity contribution < 1.29 is 0 Å². The van der Waals surface area contributed by atoms with Crippen molar-refractivity contribution in [3.8, 4) is 0 Å². The Morgan fingerprint density at radius 1 is 1.25 bits per heavy atom. The van der Waals surface area contributed by atoms with Gasteiger partial charge in [-0.05, 0) is 43.8 Å². The van der Waals surface area contributed by atoms with Crippen LogP contribution in [-0.4, -0.2) is 31.1 Å². The van der Waals surface area contributed by atoms with Crippen LogP contribution in [0.25, 0.3) is 0 Å². The van der Waals surface area contributed by atoms with Gasteiger partial charge in [-0.1, -0.05) is 30.3 Å². The molecule has 0 bridgehead atoms. The predicted octanol–water partition coefficient (Wildman–Crippen LogP) is 1.90. The lowest BCUT2D eigenvalue weighted by Crippen LogP contribution is -2.39. The Kier molecular flexibility index (Phi) is 4.37. The van der Waals surface area contributed by atoms with Crippen LogP contribution in [0, 0.1) is 5.92 Å². The largest absolute Gasteiger partial charge is 0.330 e. The first-order chi connectivity index (χ1) is 7.88. The number of benzene rings is 1. The third-order valence-electron chi connectivity index (χ3n) is 3.50. The maximum absolute atomic E-state index is 5.75. The van der Waals surface area contributed by atoms with Gasteiger partial charge in [0.15, 0.2) is 0 Å². The summed E-state index contributed by atoms with van der Waals surface area (Å²) in [6.45, 7) is 4.48. The minimum atomic E-state index is 0.726. The van der Waals surface area contributed by atoms with E-state index >= 15 is 0 Å². The normalized spacial score (nSPS) is 22.2. The Bertz CT molecular complexity index is 297. The topological polar surface area (TPSA) is 29.3 Å². The van der Waals surface area contributed by atoms with Crippen LogP contribution >= 0.6 is 0 Å². The van der Waals surface area contributed by atoms with Crippen molar-refractivity contribution in [3.63, 3.8) is 0 Å². The molecule has 2 heteroatoms. The molecule has 88 valence electrons. The highest BCUT2D eigenvalue weighted by Crippen LogP contribution is 2.15. The van der Waals surface area contributed by atoms with E-state index in [1.165, 1.54) is 38.0 Å². The fourth-order valence-electron chi connectivity index (χ4n) is 2.48. The minimum absolute atomic E-state index is 0.726. The zero-order valence-corrected chi connectivity index (χ0v) is 9.94. The van der Waals surface area contributed by atoms with Gasteiger partial charge in [0.2, 0.25) is 0 Å². The van der Waals surface area contributed by atoms with E-state index in [-0.39, 0.29) is 0 Å². The van der Waals surface area contributed by atoms with Gasteiger partial charge in [0, 0.05) is 13.1 Å². The van der Waals surface area contributed by atoms with Gasteiger partial charge in [0.05, 0.1) is 0 Å². The zero-order valence-electron chi connectivity index (χ0n) is 9.94. The van der Waals surface area contributed by atoms with Crippen LogP contribution in [-0.2, 0) is 6.42 Å². The number of rotatable bonds is 4. The van der Waals surface area contributed by atoms with Crippen LogP contribution in [0.5, 0.6) is 0 Å². The van der Waals surface area contributed by atoms with Gasteiger partial charge in [-0.15, -0.1) is 0 Å². The SMILES string of the molecule is NCC1CCCN(CCc2ccccc2)C1. The molecule has 0 amide bonds. The summed E-state index contributed by atoms with van der Waals surface area (Å²) in [4.78, 5) is 2.56. The van der Waals surface area contributed by atoms with Crippen molar-refractivity contribution in [1.29, 1.82) is 0 Å². The number of likely N-dealkylation sites (tertiary alicyclic amines) is 1. The zero-order chi connectivity index (χ0) is 11.2. The van der Waals surface area contributed by atoms with E-state index in [0.717, 1.165) is 18.9 Å².